The van der Waals surface area contributed by atoms with Crippen molar-refractivity contribution < 1.29 is 14.3 Å². The summed E-state index contributed by atoms with van der Waals surface area (Å²) in [5.74, 6) is 1.38. The number of fused-ring (bicyclic) bond motifs is 1. The van der Waals surface area contributed by atoms with E-state index in [4.69, 9.17) is 9.47 Å². The minimum absolute atomic E-state index is 0.191. The molecule has 0 radical (unpaired) electrons. The third-order valence-corrected chi connectivity index (χ3v) is 5.52. The van der Waals surface area contributed by atoms with Crippen molar-refractivity contribution in [2.45, 2.75) is 6.54 Å². The summed E-state index contributed by atoms with van der Waals surface area (Å²) < 4.78 is 10.8. The number of piperazine rings is 1. The molecule has 2 aromatic carbocycles. The number of H-pyrrole nitrogens is 1. The Balaban J connectivity index is 1.44. The van der Waals surface area contributed by atoms with E-state index in [9.17, 15) is 9.59 Å². The summed E-state index contributed by atoms with van der Waals surface area (Å²) in [5, 5.41) is 0.851. The highest BCUT2D eigenvalue weighted by molar-refractivity contribution is 5.97. The van der Waals surface area contributed by atoms with Gasteiger partial charge in [0.2, 0.25) is 0 Å². The third kappa shape index (κ3) is 4.02. The SMILES string of the molecule is COc1ccc(OC)c(CN2CCN(C(=O)c3cc4ccccc4[nH]c3=O)CC2)c1. The monoisotopic (exact) mass is 407 g/mol. The summed E-state index contributed by atoms with van der Waals surface area (Å²) >= 11 is 0. The van der Waals surface area contributed by atoms with Crippen LogP contribution in [0.1, 0.15) is 15.9 Å². The molecule has 0 atom stereocenters. The maximum absolute atomic E-state index is 13.0. The highest BCUT2D eigenvalue weighted by Gasteiger charge is 2.24. The van der Waals surface area contributed by atoms with Gasteiger partial charge in [0.15, 0.2) is 0 Å². The van der Waals surface area contributed by atoms with Gasteiger partial charge in [-0.3, -0.25) is 14.5 Å². The summed E-state index contributed by atoms with van der Waals surface area (Å²) in [6, 6.07) is 14.9. The van der Waals surface area contributed by atoms with E-state index in [-0.39, 0.29) is 17.0 Å². The van der Waals surface area contributed by atoms with E-state index in [2.05, 4.69) is 9.88 Å². The van der Waals surface area contributed by atoms with Gasteiger partial charge in [-0.25, -0.2) is 0 Å². The van der Waals surface area contributed by atoms with Crippen molar-refractivity contribution in [2.75, 3.05) is 40.4 Å². The Labute approximate surface area is 174 Å². The van der Waals surface area contributed by atoms with Crippen LogP contribution in [0.2, 0.25) is 0 Å². The molecular weight excluding hydrogens is 382 g/mol. The number of aromatic amines is 1. The molecule has 1 saturated heterocycles. The van der Waals surface area contributed by atoms with Crippen LogP contribution in [0.3, 0.4) is 0 Å². The minimum Gasteiger partial charge on any atom is -0.497 e. The van der Waals surface area contributed by atoms with E-state index in [0.717, 1.165) is 41.1 Å². The van der Waals surface area contributed by atoms with E-state index in [1.165, 1.54) is 0 Å². The molecule has 2 heterocycles. The normalized spacial score (nSPS) is 14.7. The molecule has 7 nitrogen and oxygen atoms in total. The van der Waals surface area contributed by atoms with Crippen LogP contribution in [0.25, 0.3) is 10.9 Å². The van der Waals surface area contributed by atoms with Crippen LogP contribution in [0.4, 0.5) is 0 Å². The lowest BCUT2D eigenvalue weighted by Gasteiger charge is -2.35. The van der Waals surface area contributed by atoms with E-state index in [1.54, 1.807) is 25.2 Å². The number of hydrogen-bond donors (Lipinski definition) is 1. The Morgan fingerprint density at radius 2 is 1.77 bits per heavy atom. The molecule has 1 N–H and O–H groups in total. The number of ether oxygens (including phenoxy) is 2. The lowest BCUT2D eigenvalue weighted by Crippen LogP contribution is -2.49. The Kier molecular flexibility index (Phi) is 5.72. The molecule has 4 rings (SSSR count). The highest BCUT2D eigenvalue weighted by Crippen LogP contribution is 2.25. The number of nitrogens with zero attached hydrogens (tertiary/aromatic N) is 2. The zero-order valence-electron chi connectivity index (χ0n) is 17.2. The van der Waals surface area contributed by atoms with Gasteiger partial charge in [-0.15, -0.1) is 0 Å². The zero-order valence-corrected chi connectivity index (χ0v) is 17.2. The van der Waals surface area contributed by atoms with Crippen molar-refractivity contribution in [3.8, 4) is 11.5 Å². The molecule has 1 aliphatic heterocycles. The number of aromatic nitrogens is 1. The van der Waals surface area contributed by atoms with Gasteiger partial charge in [0.05, 0.1) is 14.2 Å². The fourth-order valence-electron chi connectivity index (χ4n) is 3.83. The van der Waals surface area contributed by atoms with Crippen LogP contribution < -0.4 is 15.0 Å². The van der Waals surface area contributed by atoms with Crippen LogP contribution in [0.5, 0.6) is 11.5 Å². The number of carbonyl (C=O) groups excluding carboxylic acids is 1. The molecule has 0 saturated carbocycles. The van der Waals surface area contributed by atoms with Gasteiger partial charge in [-0.2, -0.15) is 0 Å². The lowest BCUT2D eigenvalue weighted by molar-refractivity contribution is 0.0626. The molecule has 0 spiro atoms. The van der Waals surface area contributed by atoms with E-state index in [1.807, 2.05) is 42.5 Å². The zero-order chi connectivity index (χ0) is 21.1. The van der Waals surface area contributed by atoms with Gasteiger partial charge >= 0.3 is 0 Å². The molecule has 3 aromatic rings. The summed E-state index contributed by atoms with van der Waals surface area (Å²) in [6.07, 6.45) is 0. The first-order valence-electron chi connectivity index (χ1n) is 9.93. The second-order valence-electron chi connectivity index (χ2n) is 7.35. The van der Waals surface area contributed by atoms with Gasteiger partial charge in [0, 0.05) is 43.8 Å². The number of nitrogens with one attached hydrogen (secondary N) is 1. The number of carbonyl (C=O) groups is 1. The molecule has 1 fully saturated rings. The second kappa shape index (κ2) is 8.59. The molecule has 30 heavy (non-hydrogen) atoms. The fourth-order valence-corrected chi connectivity index (χ4v) is 3.83. The molecular formula is C23H25N3O4. The predicted molar refractivity (Wildman–Crippen MR) is 115 cm³/mol. The third-order valence-electron chi connectivity index (χ3n) is 5.52. The van der Waals surface area contributed by atoms with Crippen LogP contribution in [-0.4, -0.2) is 61.1 Å². The summed E-state index contributed by atoms with van der Waals surface area (Å²) in [7, 11) is 3.30. The smallest absolute Gasteiger partial charge is 0.261 e. The quantitative estimate of drug-likeness (QED) is 0.703. The minimum atomic E-state index is -0.345. The number of rotatable bonds is 5. The maximum Gasteiger partial charge on any atom is 0.261 e. The van der Waals surface area contributed by atoms with Crippen molar-refractivity contribution in [3.05, 3.63) is 70.0 Å². The summed E-state index contributed by atoms with van der Waals surface area (Å²) in [6.45, 7) is 3.28. The molecule has 7 heteroatoms. The molecule has 1 aromatic heterocycles. The fraction of sp³-hybridized carbons (Fsp3) is 0.304. The predicted octanol–water partition coefficient (Wildman–Crippen LogP) is 2.50. The molecule has 1 aliphatic rings. The average Bonchev–Trinajstić information content (AvgIpc) is 2.78. The molecule has 0 aliphatic carbocycles. The van der Waals surface area contributed by atoms with Crippen LogP contribution in [0, 0.1) is 0 Å². The Morgan fingerprint density at radius 3 is 2.50 bits per heavy atom. The summed E-state index contributed by atoms with van der Waals surface area (Å²) in [5.41, 5.74) is 1.62. The van der Waals surface area contributed by atoms with E-state index < -0.39 is 0 Å². The first kappa shape index (κ1) is 20.0. The van der Waals surface area contributed by atoms with Crippen molar-refractivity contribution >= 4 is 16.8 Å². The van der Waals surface area contributed by atoms with Gasteiger partial charge in [-0.1, -0.05) is 18.2 Å². The number of amides is 1. The molecule has 0 unspecified atom stereocenters. The Bertz CT molecular complexity index is 1120. The highest BCUT2D eigenvalue weighted by atomic mass is 16.5. The van der Waals surface area contributed by atoms with Crippen molar-refractivity contribution in [1.82, 2.24) is 14.8 Å². The maximum atomic E-state index is 13.0. The lowest BCUT2D eigenvalue weighted by atomic mass is 10.1. The number of pyridine rings is 1. The molecule has 156 valence electrons. The van der Waals surface area contributed by atoms with Crippen molar-refractivity contribution in [1.29, 1.82) is 0 Å². The van der Waals surface area contributed by atoms with Gasteiger partial charge in [0.25, 0.3) is 11.5 Å². The first-order chi connectivity index (χ1) is 14.6. The van der Waals surface area contributed by atoms with Crippen LogP contribution in [0.15, 0.2) is 53.3 Å². The Hall–Kier alpha value is -3.32. The van der Waals surface area contributed by atoms with Gasteiger partial charge in [0.1, 0.15) is 17.1 Å². The largest absolute Gasteiger partial charge is 0.497 e. The van der Waals surface area contributed by atoms with Crippen LogP contribution in [-0.2, 0) is 6.54 Å². The standard InChI is InChI=1S/C23H25N3O4/c1-29-18-7-8-21(30-2)17(13-18)15-25-9-11-26(12-10-25)23(28)19-14-16-5-3-4-6-20(16)24-22(19)27/h3-8,13-14H,9-12,15H2,1-2H3,(H,24,27). The number of para-hydroxylation sites is 1. The average molecular weight is 407 g/mol. The van der Waals surface area contributed by atoms with Gasteiger partial charge < -0.3 is 19.4 Å². The topological polar surface area (TPSA) is 74.9 Å². The molecule has 1 amide bonds. The van der Waals surface area contributed by atoms with E-state index in [0.29, 0.717) is 19.6 Å². The number of benzene rings is 2. The van der Waals surface area contributed by atoms with Gasteiger partial charge in [-0.05, 0) is 35.7 Å². The molecule has 0 bridgehead atoms. The van der Waals surface area contributed by atoms with Crippen LogP contribution >= 0.6 is 0 Å². The summed E-state index contributed by atoms with van der Waals surface area (Å²) in [4.78, 5) is 32.2. The van der Waals surface area contributed by atoms with Crippen molar-refractivity contribution in [2.24, 2.45) is 0 Å². The second-order valence-corrected chi connectivity index (χ2v) is 7.35. The van der Waals surface area contributed by atoms with E-state index >= 15 is 0 Å². The van der Waals surface area contributed by atoms with Crippen molar-refractivity contribution in [3.63, 3.8) is 0 Å². The Morgan fingerprint density at radius 1 is 1.00 bits per heavy atom. The number of methoxy groups -OCH3 is 2. The number of hydrogen-bond acceptors (Lipinski definition) is 5. The first-order valence-corrected chi connectivity index (χ1v) is 9.93.